The number of ketones is 1. The Morgan fingerprint density at radius 1 is 0.829 bits per heavy atom. The van der Waals surface area contributed by atoms with E-state index in [0.29, 0.717) is 46.2 Å². The lowest BCUT2D eigenvalue weighted by molar-refractivity contribution is -0.116. The van der Waals surface area contributed by atoms with Crippen molar-refractivity contribution in [3.8, 4) is 11.5 Å². The largest absolute Gasteiger partial charge is 0.493 e. The van der Waals surface area contributed by atoms with Crippen LogP contribution in [-0.2, 0) is 11.2 Å². The van der Waals surface area contributed by atoms with Gasteiger partial charge in [-0.3, -0.25) is 9.59 Å². The summed E-state index contributed by atoms with van der Waals surface area (Å²) in [5.41, 5.74) is 9.04. The molecular formula is C26H28N4O5. The number of ether oxygens (including phenoxy) is 2. The molecule has 3 rings (SSSR count). The Balaban J connectivity index is 1.56. The average molecular weight is 477 g/mol. The number of carbonyl (C=O) groups is 3. The second-order valence-electron chi connectivity index (χ2n) is 7.72. The van der Waals surface area contributed by atoms with Crippen molar-refractivity contribution in [2.45, 2.75) is 19.8 Å². The maximum Gasteiger partial charge on any atom is 0.323 e. The minimum Gasteiger partial charge on any atom is -0.493 e. The molecule has 182 valence electrons. The Morgan fingerprint density at radius 3 is 2.11 bits per heavy atom. The van der Waals surface area contributed by atoms with Crippen LogP contribution in [0.2, 0.25) is 0 Å². The third-order valence-corrected chi connectivity index (χ3v) is 5.24. The van der Waals surface area contributed by atoms with Crippen molar-refractivity contribution in [3.63, 3.8) is 0 Å². The molecule has 3 amide bonds. The second-order valence-corrected chi connectivity index (χ2v) is 7.72. The van der Waals surface area contributed by atoms with E-state index >= 15 is 0 Å². The van der Waals surface area contributed by atoms with Crippen LogP contribution >= 0.6 is 0 Å². The maximum atomic E-state index is 12.6. The molecule has 0 aromatic heterocycles. The first-order chi connectivity index (χ1) is 16.8. The van der Waals surface area contributed by atoms with E-state index < -0.39 is 6.03 Å². The molecule has 0 saturated carbocycles. The summed E-state index contributed by atoms with van der Waals surface area (Å²) in [7, 11) is 2.96. The molecule has 0 aliphatic carbocycles. The number of nitrogens with two attached hydrogens (primary N) is 1. The minimum atomic E-state index is -0.411. The highest BCUT2D eigenvalue weighted by Gasteiger charge is 2.16. The van der Waals surface area contributed by atoms with Crippen molar-refractivity contribution in [1.29, 1.82) is 0 Å². The number of benzene rings is 3. The number of rotatable bonds is 9. The van der Waals surface area contributed by atoms with Gasteiger partial charge in [0.15, 0.2) is 17.3 Å². The van der Waals surface area contributed by atoms with Gasteiger partial charge < -0.3 is 31.2 Å². The van der Waals surface area contributed by atoms with Crippen molar-refractivity contribution in [2.75, 3.05) is 35.9 Å². The summed E-state index contributed by atoms with van der Waals surface area (Å²) < 4.78 is 10.5. The topological polar surface area (TPSA) is 132 Å². The Labute approximate surface area is 203 Å². The smallest absolute Gasteiger partial charge is 0.323 e. The van der Waals surface area contributed by atoms with Crippen molar-refractivity contribution in [1.82, 2.24) is 0 Å². The van der Waals surface area contributed by atoms with Gasteiger partial charge in [-0.1, -0.05) is 24.3 Å². The molecule has 9 heteroatoms. The minimum absolute atomic E-state index is 0.201. The van der Waals surface area contributed by atoms with Crippen LogP contribution in [0.15, 0.2) is 60.7 Å². The van der Waals surface area contributed by atoms with Crippen LogP contribution in [-0.4, -0.2) is 31.9 Å². The number of urea groups is 1. The number of Topliss-reactive ketones (excluding diaryl/α,β-unsaturated/α-hetero) is 1. The number of anilines is 4. The molecular weight excluding hydrogens is 448 g/mol. The predicted octanol–water partition coefficient (Wildman–Crippen LogP) is 4.70. The number of amides is 3. The average Bonchev–Trinajstić information content (AvgIpc) is 2.84. The van der Waals surface area contributed by atoms with E-state index in [0.717, 1.165) is 5.56 Å². The van der Waals surface area contributed by atoms with Gasteiger partial charge in [-0.15, -0.1) is 0 Å². The van der Waals surface area contributed by atoms with E-state index in [1.165, 1.54) is 21.1 Å². The van der Waals surface area contributed by atoms with Gasteiger partial charge in [-0.05, 0) is 49.2 Å². The fraction of sp³-hybridized carbons (Fsp3) is 0.192. The summed E-state index contributed by atoms with van der Waals surface area (Å²) >= 11 is 0. The molecule has 35 heavy (non-hydrogen) atoms. The first kappa shape index (κ1) is 25.1. The highest BCUT2D eigenvalue weighted by Crippen LogP contribution is 2.33. The van der Waals surface area contributed by atoms with Gasteiger partial charge in [0.25, 0.3) is 0 Å². The quantitative estimate of drug-likeness (QED) is 0.261. The monoisotopic (exact) mass is 476 g/mol. The molecule has 0 bridgehead atoms. The number of nitrogen functional groups attached to an aromatic ring is 1. The van der Waals surface area contributed by atoms with Crippen molar-refractivity contribution >= 4 is 40.5 Å². The zero-order chi connectivity index (χ0) is 25.4. The van der Waals surface area contributed by atoms with Gasteiger partial charge in [0, 0.05) is 23.7 Å². The second kappa shape index (κ2) is 11.6. The molecule has 0 saturated heterocycles. The Morgan fingerprint density at radius 2 is 1.49 bits per heavy atom. The number of nitrogens with one attached hydrogen (secondary N) is 3. The van der Waals surface area contributed by atoms with Gasteiger partial charge in [0.1, 0.15) is 0 Å². The molecule has 0 heterocycles. The van der Waals surface area contributed by atoms with Crippen LogP contribution in [0.3, 0.4) is 0 Å². The molecule has 0 unspecified atom stereocenters. The molecule has 5 N–H and O–H groups in total. The summed E-state index contributed by atoms with van der Waals surface area (Å²) in [4.78, 5) is 36.8. The van der Waals surface area contributed by atoms with Gasteiger partial charge in [0.05, 0.1) is 31.3 Å². The van der Waals surface area contributed by atoms with Gasteiger partial charge in [-0.2, -0.15) is 0 Å². The van der Waals surface area contributed by atoms with Crippen molar-refractivity contribution < 1.29 is 23.9 Å². The maximum absolute atomic E-state index is 12.6. The molecule has 0 spiro atoms. The third-order valence-electron chi connectivity index (χ3n) is 5.24. The molecule has 0 radical (unpaired) electrons. The Bertz CT molecular complexity index is 1220. The molecule has 0 aliphatic heterocycles. The number of aryl methyl sites for hydroxylation is 1. The predicted molar refractivity (Wildman–Crippen MR) is 136 cm³/mol. The lowest BCUT2D eigenvalue weighted by Crippen LogP contribution is -2.20. The number of methoxy groups -OCH3 is 2. The fourth-order valence-corrected chi connectivity index (χ4v) is 3.39. The van der Waals surface area contributed by atoms with Crippen LogP contribution in [0.4, 0.5) is 27.5 Å². The van der Waals surface area contributed by atoms with Crippen molar-refractivity contribution in [2.24, 2.45) is 0 Å². The van der Waals surface area contributed by atoms with Crippen LogP contribution in [0, 0.1) is 0 Å². The summed E-state index contributed by atoms with van der Waals surface area (Å²) in [6.45, 7) is 1.42. The van der Waals surface area contributed by atoms with Gasteiger partial charge >= 0.3 is 6.03 Å². The van der Waals surface area contributed by atoms with E-state index in [9.17, 15) is 14.4 Å². The van der Waals surface area contributed by atoms with E-state index in [2.05, 4.69) is 16.0 Å². The highest BCUT2D eigenvalue weighted by atomic mass is 16.5. The first-order valence-electron chi connectivity index (χ1n) is 10.9. The zero-order valence-corrected chi connectivity index (χ0v) is 19.8. The molecule has 0 fully saturated rings. The first-order valence-corrected chi connectivity index (χ1v) is 10.9. The molecule has 0 aliphatic rings. The standard InChI is InChI=1S/C26H28N4O5/c1-16(31)19-14-23(34-2)24(35-3)15-22(19)29-25(32)13-10-17-8-11-18(12-9-17)28-26(33)30-21-7-5-4-6-20(21)27/h4-9,11-12,14-15H,10,13,27H2,1-3H3,(H,29,32)(H2,28,30,33). The zero-order valence-electron chi connectivity index (χ0n) is 19.8. The Hall–Kier alpha value is -4.53. The summed E-state index contributed by atoms with van der Waals surface area (Å²) in [5, 5.41) is 8.22. The van der Waals surface area contributed by atoms with Crippen LogP contribution in [0.5, 0.6) is 11.5 Å². The van der Waals surface area contributed by atoms with Gasteiger partial charge in [0.2, 0.25) is 5.91 Å². The highest BCUT2D eigenvalue weighted by molar-refractivity contribution is 6.04. The Kier molecular flexibility index (Phi) is 8.29. The third kappa shape index (κ3) is 6.73. The summed E-state index contributed by atoms with van der Waals surface area (Å²) in [5.74, 6) is 0.366. The van der Waals surface area contributed by atoms with Gasteiger partial charge in [-0.25, -0.2) is 4.79 Å². The number of carbonyl (C=O) groups excluding carboxylic acids is 3. The molecule has 3 aromatic carbocycles. The summed E-state index contributed by atoms with van der Waals surface area (Å²) in [6.07, 6.45) is 0.674. The summed E-state index contributed by atoms with van der Waals surface area (Å²) in [6, 6.07) is 16.9. The lowest BCUT2D eigenvalue weighted by Gasteiger charge is -2.14. The van der Waals surface area contributed by atoms with Crippen molar-refractivity contribution in [3.05, 3.63) is 71.8 Å². The number of hydrogen-bond acceptors (Lipinski definition) is 6. The normalized spacial score (nSPS) is 10.3. The number of para-hydroxylation sites is 2. The SMILES string of the molecule is COc1cc(NC(=O)CCc2ccc(NC(=O)Nc3ccccc3N)cc2)c(C(C)=O)cc1OC. The van der Waals surface area contributed by atoms with E-state index in [1.807, 2.05) is 12.1 Å². The van der Waals surface area contributed by atoms with E-state index in [4.69, 9.17) is 15.2 Å². The van der Waals surface area contributed by atoms with Crippen LogP contribution in [0.25, 0.3) is 0 Å². The van der Waals surface area contributed by atoms with Crippen LogP contribution in [0.1, 0.15) is 29.3 Å². The molecule has 0 atom stereocenters. The van der Waals surface area contributed by atoms with E-state index in [1.54, 1.807) is 48.5 Å². The lowest BCUT2D eigenvalue weighted by atomic mass is 10.1. The fourth-order valence-electron chi connectivity index (χ4n) is 3.39. The number of hydrogen-bond donors (Lipinski definition) is 4. The van der Waals surface area contributed by atoms with Crippen LogP contribution < -0.4 is 31.2 Å². The van der Waals surface area contributed by atoms with E-state index in [-0.39, 0.29) is 18.1 Å². The molecule has 3 aromatic rings. The molecule has 9 nitrogen and oxygen atoms in total.